The molecule has 2 rings (SSSR count). The van der Waals surface area contributed by atoms with E-state index in [9.17, 15) is 14.7 Å². The van der Waals surface area contributed by atoms with Crippen molar-refractivity contribution in [2.45, 2.75) is 0 Å². The van der Waals surface area contributed by atoms with Gasteiger partial charge in [-0.3, -0.25) is 20.4 Å². The molecule has 0 aliphatic heterocycles. The molecule has 0 heterocycles. The predicted molar refractivity (Wildman–Crippen MR) is 87.5 cm³/mol. The molecule has 0 aromatic heterocycles. The normalized spacial score (nSPS) is 10.7. The lowest BCUT2D eigenvalue weighted by Crippen LogP contribution is -2.45. The Kier molecular flexibility index (Phi) is 4.99. The summed E-state index contributed by atoms with van der Waals surface area (Å²) in [4.78, 5) is 25.2. The van der Waals surface area contributed by atoms with Crippen molar-refractivity contribution >= 4 is 38.5 Å². The van der Waals surface area contributed by atoms with Gasteiger partial charge in [-0.25, -0.2) is 0 Å². The second-order valence-electron chi connectivity index (χ2n) is 5.10. The molecule has 3 N–H and O–H groups in total. The van der Waals surface area contributed by atoms with Gasteiger partial charge in [-0.2, -0.15) is 0 Å². The molecule has 0 atom stereocenters. The Morgan fingerprint density at radius 2 is 1.86 bits per heavy atom. The first-order chi connectivity index (χ1) is 10.4. The van der Waals surface area contributed by atoms with Crippen LogP contribution >= 0.6 is 15.9 Å². The number of carbonyl (C=O) groups excluding carboxylic acids is 2. The molecule has 2 aromatic rings. The van der Waals surface area contributed by atoms with E-state index < -0.39 is 5.91 Å². The van der Waals surface area contributed by atoms with Crippen molar-refractivity contribution in [3.05, 3.63) is 40.4 Å². The van der Waals surface area contributed by atoms with E-state index in [-0.39, 0.29) is 23.8 Å². The molecule has 22 heavy (non-hydrogen) atoms. The molecule has 6 nitrogen and oxygen atoms in total. The van der Waals surface area contributed by atoms with E-state index in [0.717, 1.165) is 15.2 Å². The van der Waals surface area contributed by atoms with Crippen molar-refractivity contribution < 1.29 is 14.7 Å². The highest BCUT2D eigenvalue weighted by molar-refractivity contribution is 9.10. The first-order valence-corrected chi connectivity index (χ1v) is 7.32. The molecule has 0 bridgehead atoms. The zero-order valence-electron chi connectivity index (χ0n) is 12.2. The van der Waals surface area contributed by atoms with Crippen LogP contribution in [0.25, 0.3) is 10.8 Å². The number of amides is 2. The zero-order valence-corrected chi connectivity index (χ0v) is 13.8. The lowest BCUT2D eigenvalue weighted by molar-refractivity contribution is -0.122. The van der Waals surface area contributed by atoms with Gasteiger partial charge in [0.05, 0.1) is 12.1 Å². The number of hydrogen-bond acceptors (Lipinski definition) is 4. The number of hydrazine groups is 1. The van der Waals surface area contributed by atoms with E-state index in [1.807, 2.05) is 18.2 Å². The molecule has 0 aliphatic rings. The quantitative estimate of drug-likeness (QED) is 0.722. The molecule has 0 saturated heterocycles. The van der Waals surface area contributed by atoms with Crippen LogP contribution < -0.4 is 10.9 Å². The topological polar surface area (TPSA) is 81.7 Å². The van der Waals surface area contributed by atoms with Crippen LogP contribution in [0.2, 0.25) is 0 Å². The summed E-state index contributed by atoms with van der Waals surface area (Å²) in [5, 5.41) is 11.6. The average Bonchev–Trinajstić information content (AvgIpc) is 2.43. The molecular formula is C15H16BrN3O3. The van der Waals surface area contributed by atoms with Gasteiger partial charge in [0, 0.05) is 4.47 Å². The van der Waals surface area contributed by atoms with Crippen LogP contribution in [0.5, 0.6) is 5.75 Å². The summed E-state index contributed by atoms with van der Waals surface area (Å²) >= 11 is 3.36. The number of aromatic hydroxyl groups is 1. The highest BCUT2D eigenvalue weighted by Gasteiger charge is 2.13. The van der Waals surface area contributed by atoms with Crippen molar-refractivity contribution in [2.24, 2.45) is 0 Å². The first-order valence-electron chi connectivity index (χ1n) is 6.53. The fraction of sp³-hybridized carbons (Fsp3) is 0.200. The Hall–Kier alpha value is -2.12. The number of fused-ring (bicyclic) bond motifs is 1. The van der Waals surface area contributed by atoms with E-state index >= 15 is 0 Å². The van der Waals surface area contributed by atoms with Gasteiger partial charge in [-0.1, -0.05) is 22.0 Å². The van der Waals surface area contributed by atoms with E-state index in [1.54, 1.807) is 25.1 Å². The maximum Gasteiger partial charge on any atom is 0.273 e. The maximum absolute atomic E-state index is 12.1. The number of likely N-dealkylation sites (N-methyl/N-ethyl adjacent to an activating group) is 1. The summed E-state index contributed by atoms with van der Waals surface area (Å²) in [7, 11) is 3.49. The molecule has 116 valence electrons. The SMILES string of the molecule is CN(C)CC(=O)NNC(=O)c1cc2cc(Br)ccc2cc1O. The number of benzene rings is 2. The number of hydrogen-bond donors (Lipinski definition) is 3. The minimum Gasteiger partial charge on any atom is -0.507 e. The summed E-state index contributed by atoms with van der Waals surface area (Å²) in [6.07, 6.45) is 0. The third-order valence-corrected chi connectivity index (χ3v) is 3.43. The summed E-state index contributed by atoms with van der Waals surface area (Å²) in [5.74, 6) is -1.07. The monoisotopic (exact) mass is 365 g/mol. The zero-order chi connectivity index (χ0) is 16.3. The van der Waals surface area contributed by atoms with Crippen molar-refractivity contribution in [1.82, 2.24) is 15.8 Å². The lowest BCUT2D eigenvalue weighted by Gasteiger charge is -2.12. The molecule has 0 fully saturated rings. The number of halogens is 1. The van der Waals surface area contributed by atoms with Crippen LogP contribution in [0.15, 0.2) is 34.8 Å². The van der Waals surface area contributed by atoms with Crippen LogP contribution in [-0.4, -0.2) is 42.5 Å². The molecule has 2 amide bonds. The smallest absolute Gasteiger partial charge is 0.273 e. The van der Waals surface area contributed by atoms with E-state index in [0.29, 0.717) is 0 Å². The number of phenolic OH excluding ortho intramolecular Hbond substituents is 1. The van der Waals surface area contributed by atoms with Crippen LogP contribution in [-0.2, 0) is 4.79 Å². The van der Waals surface area contributed by atoms with Gasteiger partial charge in [0.15, 0.2) is 0 Å². The van der Waals surface area contributed by atoms with Gasteiger partial charge in [0.25, 0.3) is 11.8 Å². The fourth-order valence-corrected chi connectivity index (χ4v) is 2.34. The van der Waals surface area contributed by atoms with Crippen molar-refractivity contribution in [2.75, 3.05) is 20.6 Å². The van der Waals surface area contributed by atoms with Gasteiger partial charge < -0.3 is 10.0 Å². The average molecular weight is 366 g/mol. The minimum absolute atomic E-state index is 0.0933. The molecule has 0 radical (unpaired) electrons. The number of nitrogens with zero attached hydrogens (tertiary/aromatic N) is 1. The maximum atomic E-state index is 12.1. The largest absolute Gasteiger partial charge is 0.507 e. The highest BCUT2D eigenvalue weighted by Crippen LogP contribution is 2.27. The Labute approximate surface area is 136 Å². The van der Waals surface area contributed by atoms with Crippen LogP contribution in [0, 0.1) is 0 Å². The van der Waals surface area contributed by atoms with Gasteiger partial charge in [0.1, 0.15) is 5.75 Å². The van der Waals surface area contributed by atoms with E-state index in [2.05, 4.69) is 26.8 Å². The number of phenols is 1. The van der Waals surface area contributed by atoms with Gasteiger partial charge in [-0.05, 0) is 49.1 Å². The molecular weight excluding hydrogens is 350 g/mol. The van der Waals surface area contributed by atoms with Crippen LogP contribution in [0.3, 0.4) is 0 Å². The first kappa shape index (κ1) is 16.3. The van der Waals surface area contributed by atoms with Crippen molar-refractivity contribution in [3.63, 3.8) is 0 Å². The lowest BCUT2D eigenvalue weighted by atomic mass is 10.1. The predicted octanol–water partition coefficient (Wildman–Crippen LogP) is 1.63. The van der Waals surface area contributed by atoms with Gasteiger partial charge in [-0.15, -0.1) is 0 Å². The second kappa shape index (κ2) is 6.76. The number of carbonyl (C=O) groups is 2. The summed E-state index contributed by atoms with van der Waals surface area (Å²) < 4.78 is 0.872. The standard InChI is InChI=1S/C15H16BrN3O3/c1-19(2)8-14(21)17-18-15(22)12-6-10-5-11(16)4-3-9(10)7-13(12)20/h3-7,20H,8H2,1-2H3,(H,17,21)(H,18,22). The second-order valence-corrected chi connectivity index (χ2v) is 6.02. The molecule has 0 spiro atoms. The Morgan fingerprint density at radius 1 is 1.14 bits per heavy atom. The molecule has 2 aromatic carbocycles. The number of nitrogens with one attached hydrogen (secondary N) is 2. The molecule has 7 heteroatoms. The number of rotatable bonds is 3. The van der Waals surface area contributed by atoms with Gasteiger partial charge >= 0.3 is 0 Å². The highest BCUT2D eigenvalue weighted by atomic mass is 79.9. The van der Waals surface area contributed by atoms with Crippen LogP contribution in [0.1, 0.15) is 10.4 Å². The van der Waals surface area contributed by atoms with Gasteiger partial charge in [0.2, 0.25) is 0 Å². The summed E-state index contributed by atoms with van der Waals surface area (Å²) in [6, 6.07) is 8.61. The molecule has 0 saturated carbocycles. The Bertz CT molecular complexity index is 731. The summed E-state index contributed by atoms with van der Waals surface area (Å²) in [5.41, 5.74) is 4.68. The molecule has 0 aliphatic carbocycles. The van der Waals surface area contributed by atoms with Crippen LogP contribution in [0.4, 0.5) is 0 Å². The van der Waals surface area contributed by atoms with Crippen molar-refractivity contribution in [3.8, 4) is 5.75 Å². The minimum atomic E-state index is -0.577. The molecule has 0 unspecified atom stereocenters. The summed E-state index contributed by atoms with van der Waals surface area (Å²) in [6.45, 7) is 0.150. The third kappa shape index (κ3) is 3.96. The van der Waals surface area contributed by atoms with E-state index in [4.69, 9.17) is 0 Å². The fourth-order valence-electron chi connectivity index (χ4n) is 1.96. The van der Waals surface area contributed by atoms with E-state index in [1.165, 1.54) is 6.07 Å². The van der Waals surface area contributed by atoms with Crippen molar-refractivity contribution in [1.29, 1.82) is 0 Å². The Morgan fingerprint density at radius 3 is 2.55 bits per heavy atom. The third-order valence-electron chi connectivity index (χ3n) is 2.94. The Balaban J connectivity index is 2.17.